The molecule has 0 saturated heterocycles. The Labute approximate surface area is 112 Å². The fourth-order valence-corrected chi connectivity index (χ4v) is 3.14. The van der Waals surface area contributed by atoms with Crippen molar-refractivity contribution in [2.24, 2.45) is 11.8 Å². The summed E-state index contributed by atoms with van der Waals surface area (Å²) in [5.74, 6) is 0.0289. The molecule has 100 valence electrons. The van der Waals surface area contributed by atoms with E-state index in [4.69, 9.17) is 11.6 Å². The van der Waals surface area contributed by atoms with Gasteiger partial charge in [0.1, 0.15) is 11.6 Å². The molecule has 1 aliphatic rings. The largest absolute Gasteiger partial charge is 0.207 e. The molecule has 0 amide bonds. The lowest BCUT2D eigenvalue weighted by molar-refractivity contribution is 0.281. The van der Waals surface area contributed by atoms with Crippen LogP contribution in [0.15, 0.2) is 12.1 Å². The second kappa shape index (κ2) is 5.56. The third-order valence-electron chi connectivity index (χ3n) is 4.05. The summed E-state index contributed by atoms with van der Waals surface area (Å²) in [7, 11) is 0. The summed E-state index contributed by atoms with van der Waals surface area (Å²) >= 11 is 6.40. The van der Waals surface area contributed by atoms with Crippen LogP contribution in [0.4, 0.5) is 8.78 Å². The van der Waals surface area contributed by atoms with Crippen LogP contribution in [-0.2, 0) is 0 Å². The summed E-state index contributed by atoms with van der Waals surface area (Å²) in [6, 6.07) is 2.51. The van der Waals surface area contributed by atoms with Crippen molar-refractivity contribution in [3.63, 3.8) is 0 Å². The Morgan fingerprint density at radius 1 is 1.11 bits per heavy atom. The first-order chi connectivity index (χ1) is 8.49. The maximum atomic E-state index is 13.8. The van der Waals surface area contributed by atoms with Crippen LogP contribution in [0.2, 0.25) is 0 Å². The first-order valence-corrected chi connectivity index (χ1v) is 7.02. The lowest BCUT2D eigenvalue weighted by Gasteiger charge is -2.30. The highest BCUT2D eigenvalue weighted by Gasteiger charge is 2.28. The number of benzene rings is 1. The number of halogens is 3. The van der Waals surface area contributed by atoms with Gasteiger partial charge in [0.25, 0.3) is 0 Å². The molecule has 1 saturated carbocycles. The first kappa shape index (κ1) is 13.8. The second-order valence-corrected chi connectivity index (χ2v) is 6.01. The minimum Gasteiger partial charge on any atom is -0.207 e. The molecule has 0 N–H and O–H groups in total. The van der Waals surface area contributed by atoms with E-state index in [0.717, 1.165) is 37.7 Å². The number of hydrogen-bond acceptors (Lipinski definition) is 0. The van der Waals surface area contributed by atoms with E-state index >= 15 is 0 Å². The molecule has 1 aromatic rings. The van der Waals surface area contributed by atoms with Crippen molar-refractivity contribution in [2.75, 3.05) is 0 Å². The number of hydrogen-bond donors (Lipinski definition) is 0. The average Bonchev–Trinajstić information content (AvgIpc) is 2.34. The van der Waals surface area contributed by atoms with Gasteiger partial charge < -0.3 is 0 Å². The molecule has 1 fully saturated rings. The lowest BCUT2D eigenvalue weighted by Crippen LogP contribution is -2.17. The van der Waals surface area contributed by atoms with Gasteiger partial charge in [0.2, 0.25) is 0 Å². The van der Waals surface area contributed by atoms with Crippen LogP contribution < -0.4 is 0 Å². The molecule has 0 aromatic heterocycles. The highest BCUT2D eigenvalue weighted by Crippen LogP contribution is 2.41. The molecular weight excluding hydrogens is 254 g/mol. The Morgan fingerprint density at radius 3 is 2.33 bits per heavy atom. The SMILES string of the molecule is Cc1cc(C(Cl)C2CCC(C)CC2)c(F)cc1F. The van der Waals surface area contributed by atoms with Crippen LogP contribution >= 0.6 is 11.6 Å². The molecule has 0 heterocycles. The zero-order valence-corrected chi connectivity index (χ0v) is 11.6. The molecule has 0 radical (unpaired) electrons. The highest BCUT2D eigenvalue weighted by atomic mass is 35.5. The van der Waals surface area contributed by atoms with Crippen LogP contribution in [-0.4, -0.2) is 0 Å². The zero-order valence-electron chi connectivity index (χ0n) is 10.8. The predicted molar refractivity (Wildman–Crippen MR) is 70.8 cm³/mol. The van der Waals surface area contributed by atoms with E-state index in [9.17, 15) is 8.78 Å². The monoisotopic (exact) mass is 272 g/mol. The molecule has 1 aromatic carbocycles. The van der Waals surface area contributed by atoms with Crippen molar-refractivity contribution >= 4 is 11.6 Å². The molecule has 0 nitrogen and oxygen atoms in total. The fraction of sp³-hybridized carbons (Fsp3) is 0.600. The van der Waals surface area contributed by atoms with Gasteiger partial charge in [0.05, 0.1) is 5.38 Å². The highest BCUT2D eigenvalue weighted by molar-refractivity contribution is 6.21. The van der Waals surface area contributed by atoms with Crippen molar-refractivity contribution < 1.29 is 8.78 Å². The van der Waals surface area contributed by atoms with Gasteiger partial charge in [-0.3, -0.25) is 0 Å². The van der Waals surface area contributed by atoms with E-state index in [1.165, 1.54) is 0 Å². The van der Waals surface area contributed by atoms with Crippen molar-refractivity contribution in [1.82, 2.24) is 0 Å². The standard InChI is InChI=1S/C15H19ClF2/c1-9-3-5-11(6-4-9)15(16)12-7-10(2)13(17)8-14(12)18/h7-9,11,15H,3-6H2,1-2H3. The minimum absolute atomic E-state index is 0.308. The molecule has 3 heteroatoms. The molecule has 1 atom stereocenters. The van der Waals surface area contributed by atoms with E-state index in [0.29, 0.717) is 17.0 Å². The maximum absolute atomic E-state index is 13.8. The Balaban J connectivity index is 2.18. The predicted octanol–water partition coefficient (Wildman–Crippen LogP) is 5.38. The lowest BCUT2D eigenvalue weighted by atomic mass is 9.79. The Kier molecular flexibility index (Phi) is 4.26. The van der Waals surface area contributed by atoms with Gasteiger partial charge in [0, 0.05) is 11.6 Å². The first-order valence-electron chi connectivity index (χ1n) is 6.58. The summed E-state index contributed by atoms with van der Waals surface area (Å²) in [6.07, 6.45) is 4.36. The molecule has 0 aliphatic heterocycles. The van der Waals surface area contributed by atoms with Crippen molar-refractivity contribution in [3.05, 3.63) is 34.9 Å². The van der Waals surface area contributed by atoms with Gasteiger partial charge in [-0.05, 0) is 43.2 Å². The van der Waals surface area contributed by atoms with Crippen LogP contribution in [0.25, 0.3) is 0 Å². The van der Waals surface area contributed by atoms with Gasteiger partial charge in [-0.15, -0.1) is 11.6 Å². The zero-order chi connectivity index (χ0) is 13.3. The van der Waals surface area contributed by atoms with Crippen molar-refractivity contribution in [3.8, 4) is 0 Å². The van der Waals surface area contributed by atoms with Gasteiger partial charge in [0.15, 0.2) is 0 Å². The van der Waals surface area contributed by atoms with E-state index in [1.54, 1.807) is 13.0 Å². The maximum Gasteiger partial charge on any atom is 0.130 e. The Bertz CT molecular complexity index is 423. The molecule has 2 rings (SSSR count). The molecule has 1 unspecified atom stereocenters. The van der Waals surface area contributed by atoms with E-state index < -0.39 is 11.6 Å². The van der Waals surface area contributed by atoms with Gasteiger partial charge >= 0.3 is 0 Å². The summed E-state index contributed by atoms with van der Waals surface area (Å²) < 4.78 is 27.0. The average molecular weight is 273 g/mol. The molecule has 0 spiro atoms. The van der Waals surface area contributed by atoms with Crippen molar-refractivity contribution in [2.45, 2.75) is 44.9 Å². The third-order valence-corrected chi connectivity index (χ3v) is 4.64. The quantitative estimate of drug-likeness (QED) is 0.634. The number of alkyl halides is 1. The summed E-state index contributed by atoms with van der Waals surface area (Å²) in [4.78, 5) is 0. The Hall–Kier alpha value is -0.630. The normalized spacial score (nSPS) is 26.1. The van der Waals surface area contributed by atoms with Gasteiger partial charge in [-0.2, -0.15) is 0 Å². The second-order valence-electron chi connectivity index (χ2n) is 5.54. The van der Waals surface area contributed by atoms with E-state index in [1.807, 2.05) is 0 Å². The van der Waals surface area contributed by atoms with Crippen LogP contribution in [0.1, 0.15) is 49.1 Å². The van der Waals surface area contributed by atoms with Crippen LogP contribution in [0.3, 0.4) is 0 Å². The summed E-state index contributed by atoms with van der Waals surface area (Å²) in [6.45, 7) is 3.88. The van der Waals surface area contributed by atoms with Gasteiger partial charge in [-0.1, -0.05) is 19.8 Å². The number of aryl methyl sites for hydroxylation is 1. The van der Waals surface area contributed by atoms with E-state index in [2.05, 4.69) is 6.92 Å². The molecule has 18 heavy (non-hydrogen) atoms. The summed E-state index contributed by atoms with van der Waals surface area (Å²) in [5.41, 5.74) is 0.913. The van der Waals surface area contributed by atoms with Crippen LogP contribution in [0, 0.1) is 30.4 Å². The Morgan fingerprint density at radius 2 is 1.72 bits per heavy atom. The topological polar surface area (TPSA) is 0 Å². The third kappa shape index (κ3) is 2.85. The smallest absolute Gasteiger partial charge is 0.130 e. The molecular formula is C15H19ClF2. The number of rotatable bonds is 2. The van der Waals surface area contributed by atoms with Gasteiger partial charge in [-0.25, -0.2) is 8.78 Å². The summed E-state index contributed by atoms with van der Waals surface area (Å²) in [5, 5.41) is -0.336. The molecule has 1 aliphatic carbocycles. The van der Waals surface area contributed by atoms with E-state index in [-0.39, 0.29) is 5.38 Å². The molecule has 0 bridgehead atoms. The van der Waals surface area contributed by atoms with Crippen LogP contribution in [0.5, 0.6) is 0 Å². The minimum atomic E-state index is -0.517. The fourth-order valence-electron chi connectivity index (χ4n) is 2.72. The van der Waals surface area contributed by atoms with Crippen molar-refractivity contribution in [1.29, 1.82) is 0 Å².